The average Bonchev–Trinajstić information content (AvgIpc) is 3.32. The quantitative estimate of drug-likeness (QED) is 0.472. The Morgan fingerprint density at radius 3 is 2.45 bits per heavy atom. The summed E-state index contributed by atoms with van der Waals surface area (Å²) in [5.74, 6) is -0.223. The number of tetrazole rings is 1. The number of nitrogens with zero attached hydrogens (tertiary/aromatic N) is 5. The van der Waals surface area contributed by atoms with Crippen LogP contribution in [0.15, 0.2) is 84.9 Å². The van der Waals surface area contributed by atoms with Crippen molar-refractivity contribution in [1.29, 1.82) is 0 Å². The van der Waals surface area contributed by atoms with E-state index in [0.717, 1.165) is 16.8 Å². The Morgan fingerprint density at radius 1 is 1.00 bits per heavy atom. The molecule has 1 aliphatic rings. The largest absolute Gasteiger partial charge is 0.325 e. The Kier molecular flexibility index (Phi) is 5.58. The number of allylic oxidation sites excluding steroid dienone is 1. The maximum atomic E-state index is 13.2. The molecule has 1 amide bonds. The van der Waals surface area contributed by atoms with Gasteiger partial charge in [-0.1, -0.05) is 59.2 Å². The van der Waals surface area contributed by atoms with Crippen molar-refractivity contribution in [3.8, 4) is 0 Å². The van der Waals surface area contributed by atoms with Crippen LogP contribution in [-0.2, 0) is 4.79 Å². The molecule has 0 radical (unpaired) electrons. The lowest BCUT2D eigenvalue weighted by atomic mass is 10.0. The van der Waals surface area contributed by atoms with E-state index in [1.165, 1.54) is 24.3 Å². The zero-order valence-electron chi connectivity index (χ0n) is 17.3. The zero-order valence-corrected chi connectivity index (χ0v) is 18.0. The Hall–Kier alpha value is -4.04. The number of fused-ring (bicyclic) bond motifs is 1. The van der Waals surface area contributed by atoms with Gasteiger partial charge in [0.1, 0.15) is 18.4 Å². The van der Waals surface area contributed by atoms with Crippen LogP contribution in [0.1, 0.15) is 17.2 Å². The van der Waals surface area contributed by atoms with Gasteiger partial charge in [0.15, 0.2) is 0 Å². The first kappa shape index (κ1) is 20.8. The number of carbonyl (C=O) groups excluding carboxylic acids is 1. The molecule has 4 aromatic rings. The van der Waals surface area contributed by atoms with Crippen molar-refractivity contribution in [2.24, 2.45) is 0 Å². The maximum absolute atomic E-state index is 13.2. The molecule has 0 bridgehead atoms. The van der Waals surface area contributed by atoms with Gasteiger partial charge < -0.3 is 5.32 Å². The molecule has 5 rings (SSSR count). The fourth-order valence-corrected chi connectivity index (χ4v) is 3.88. The van der Waals surface area contributed by atoms with Crippen molar-refractivity contribution < 1.29 is 9.18 Å². The van der Waals surface area contributed by atoms with Crippen molar-refractivity contribution in [2.75, 3.05) is 16.8 Å². The van der Waals surface area contributed by atoms with E-state index in [2.05, 4.69) is 20.8 Å². The first-order valence-corrected chi connectivity index (χ1v) is 10.6. The lowest BCUT2D eigenvalue weighted by Crippen LogP contribution is -2.37. The number of nitrogens with one attached hydrogen (secondary N) is 1. The molecular formula is C24H18ClFN6O. The van der Waals surface area contributed by atoms with Gasteiger partial charge in [-0.15, -0.1) is 0 Å². The highest BCUT2D eigenvalue weighted by Crippen LogP contribution is 2.36. The van der Waals surface area contributed by atoms with Gasteiger partial charge in [0.05, 0.1) is 5.70 Å². The number of carbonyl (C=O) groups is 1. The minimum atomic E-state index is -0.370. The number of amides is 1. The predicted octanol–water partition coefficient (Wildman–Crippen LogP) is 4.55. The molecule has 1 aliphatic heterocycles. The van der Waals surface area contributed by atoms with Crippen LogP contribution in [0.5, 0.6) is 0 Å². The molecule has 3 aromatic carbocycles. The highest BCUT2D eigenvalue weighted by Gasteiger charge is 2.31. The minimum absolute atomic E-state index is 0.0359. The second-order valence-electron chi connectivity index (χ2n) is 7.48. The molecule has 0 saturated carbocycles. The van der Waals surface area contributed by atoms with E-state index in [1.54, 1.807) is 9.58 Å². The fourth-order valence-electron chi connectivity index (χ4n) is 3.76. The first-order chi connectivity index (χ1) is 16.1. The number of hydrogen-bond acceptors (Lipinski definition) is 5. The van der Waals surface area contributed by atoms with E-state index < -0.39 is 0 Å². The number of benzene rings is 3. The molecule has 0 saturated heterocycles. The molecule has 33 heavy (non-hydrogen) atoms. The maximum Gasteiger partial charge on any atom is 0.251 e. The van der Waals surface area contributed by atoms with Gasteiger partial charge in [-0.25, -0.2) is 4.39 Å². The normalized spacial score (nSPS) is 15.0. The lowest BCUT2D eigenvalue weighted by Gasteiger charge is -2.32. The summed E-state index contributed by atoms with van der Waals surface area (Å²) in [4.78, 5) is 14.7. The fraction of sp³-hybridized carbons (Fsp3) is 0.0833. The standard InChI is InChI=1S/C24H18ClFN6O/c25-18-8-6-17(7-9-18)22-14-21(16-4-2-1-3-5-16)31(24-28-29-30-32(22)24)15-23(33)27-20-12-10-19(26)11-13-20/h1-14,22H,15H2,(H,27,33). The molecule has 0 spiro atoms. The van der Waals surface area contributed by atoms with E-state index in [-0.39, 0.29) is 24.3 Å². The van der Waals surface area contributed by atoms with Crippen LogP contribution in [0.4, 0.5) is 16.0 Å². The van der Waals surface area contributed by atoms with Crippen molar-refractivity contribution in [2.45, 2.75) is 6.04 Å². The number of aromatic nitrogens is 4. The summed E-state index contributed by atoms with van der Waals surface area (Å²) >= 11 is 6.07. The van der Waals surface area contributed by atoms with Crippen molar-refractivity contribution >= 4 is 34.8 Å². The Morgan fingerprint density at radius 2 is 1.73 bits per heavy atom. The highest BCUT2D eigenvalue weighted by molar-refractivity contribution is 6.30. The van der Waals surface area contributed by atoms with Crippen LogP contribution in [-0.4, -0.2) is 32.7 Å². The molecule has 1 aromatic heterocycles. The molecule has 1 N–H and O–H groups in total. The molecule has 7 nitrogen and oxygen atoms in total. The van der Waals surface area contributed by atoms with E-state index in [1.807, 2.05) is 60.7 Å². The van der Waals surface area contributed by atoms with E-state index >= 15 is 0 Å². The van der Waals surface area contributed by atoms with Gasteiger partial charge in [-0.2, -0.15) is 4.68 Å². The third-order valence-corrected chi connectivity index (χ3v) is 5.55. The third kappa shape index (κ3) is 4.33. The van der Waals surface area contributed by atoms with Crippen molar-refractivity contribution in [3.63, 3.8) is 0 Å². The van der Waals surface area contributed by atoms with Crippen LogP contribution < -0.4 is 10.2 Å². The number of halogens is 2. The van der Waals surface area contributed by atoms with Crippen LogP contribution in [0.3, 0.4) is 0 Å². The lowest BCUT2D eigenvalue weighted by molar-refractivity contribution is -0.114. The Bertz CT molecular complexity index is 1310. The van der Waals surface area contributed by atoms with E-state index in [0.29, 0.717) is 16.7 Å². The number of anilines is 2. The predicted molar refractivity (Wildman–Crippen MR) is 124 cm³/mol. The molecule has 0 aliphatic carbocycles. The molecule has 0 fully saturated rings. The Labute approximate surface area is 194 Å². The second kappa shape index (κ2) is 8.84. The monoisotopic (exact) mass is 460 g/mol. The molecule has 9 heteroatoms. The summed E-state index contributed by atoms with van der Waals surface area (Å²) in [6, 6.07) is 22.6. The van der Waals surface area contributed by atoms with Gasteiger partial charge in [0.2, 0.25) is 5.91 Å². The van der Waals surface area contributed by atoms with Crippen LogP contribution in [0, 0.1) is 5.82 Å². The molecule has 164 valence electrons. The number of hydrogen-bond donors (Lipinski definition) is 1. The zero-order chi connectivity index (χ0) is 22.8. The SMILES string of the molecule is O=C(CN1C(c2ccccc2)=CC(c2ccc(Cl)cc2)n2nnnc21)Nc1ccc(F)cc1. The number of rotatable bonds is 5. The van der Waals surface area contributed by atoms with Gasteiger partial charge in [0.25, 0.3) is 5.95 Å². The van der Waals surface area contributed by atoms with Crippen LogP contribution in [0.25, 0.3) is 5.70 Å². The first-order valence-electron chi connectivity index (χ1n) is 10.2. The smallest absolute Gasteiger partial charge is 0.251 e. The van der Waals surface area contributed by atoms with Crippen LogP contribution in [0.2, 0.25) is 5.02 Å². The summed E-state index contributed by atoms with van der Waals surface area (Å²) in [7, 11) is 0. The van der Waals surface area contributed by atoms with Crippen molar-refractivity contribution in [1.82, 2.24) is 20.2 Å². The minimum Gasteiger partial charge on any atom is -0.325 e. The van der Waals surface area contributed by atoms with E-state index in [4.69, 9.17) is 11.6 Å². The molecule has 1 atom stereocenters. The van der Waals surface area contributed by atoms with Crippen LogP contribution >= 0.6 is 11.6 Å². The molecule has 1 unspecified atom stereocenters. The molecular weight excluding hydrogens is 443 g/mol. The summed E-state index contributed by atoms with van der Waals surface area (Å²) in [6.07, 6.45) is 2.02. The summed E-state index contributed by atoms with van der Waals surface area (Å²) in [6.45, 7) is -0.0359. The van der Waals surface area contributed by atoms with Gasteiger partial charge in [-0.05, 0) is 64.0 Å². The molecule has 2 heterocycles. The van der Waals surface area contributed by atoms with E-state index in [9.17, 15) is 9.18 Å². The summed E-state index contributed by atoms with van der Waals surface area (Å²) in [5.41, 5.74) is 3.17. The second-order valence-corrected chi connectivity index (χ2v) is 7.92. The van der Waals surface area contributed by atoms with Gasteiger partial charge in [0, 0.05) is 10.7 Å². The van der Waals surface area contributed by atoms with Gasteiger partial charge >= 0.3 is 0 Å². The third-order valence-electron chi connectivity index (χ3n) is 5.30. The topological polar surface area (TPSA) is 75.9 Å². The summed E-state index contributed by atoms with van der Waals surface area (Å²) < 4.78 is 14.9. The Balaban J connectivity index is 1.52. The average molecular weight is 461 g/mol. The van der Waals surface area contributed by atoms with Crippen molar-refractivity contribution in [3.05, 3.63) is 107 Å². The van der Waals surface area contributed by atoms with Gasteiger partial charge in [-0.3, -0.25) is 9.69 Å². The summed E-state index contributed by atoms with van der Waals surface area (Å²) in [5, 5.41) is 15.7. The highest BCUT2D eigenvalue weighted by atomic mass is 35.5.